The molecule has 1 saturated carbocycles. The third-order valence-corrected chi connectivity index (χ3v) is 6.75. The van der Waals surface area contributed by atoms with Crippen molar-refractivity contribution in [2.75, 3.05) is 20.2 Å². The molecule has 2 aromatic carbocycles. The summed E-state index contributed by atoms with van der Waals surface area (Å²) in [7, 11) is 1.27. The van der Waals surface area contributed by atoms with Crippen LogP contribution in [-0.2, 0) is 10.3 Å². The topological polar surface area (TPSA) is 38.8 Å². The van der Waals surface area contributed by atoms with E-state index in [1.165, 1.54) is 13.2 Å². The molecule has 0 amide bonds. The van der Waals surface area contributed by atoms with Gasteiger partial charge < -0.3 is 9.47 Å². The Hall–Kier alpha value is -2.11. The van der Waals surface area contributed by atoms with Crippen LogP contribution in [0.3, 0.4) is 0 Å². The number of likely N-dealkylation sites (tertiary alicyclic amines) is 1. The molecule has 6 heteroatoms. The first-order valence-corrected chi connectivity index (χ1v) is 11.3. The second kappa shape index (κ2) is 8.79. The van der Waals surface area contributed by atoms with E-state index in [0.29, 0.717) is 11.7 Å². The Labute approximate surface area is 188 Å². The van der Waals surface area contributed by atoms with Crippen molar-refractivity contribution < 1.29 is 18.7 Å². The summed E-state index contributed by atoms with van der Waals surface area (Å²) in [6.07, 6.45) is 3.92. The fraction of sp³-hybridized carbons (Fsp3) is 0.480. The highest BCUT2D eigenvalue weighted by Crippen LogP contribution is 2.46. The fourth-order valence-corrected chi connectivity index (χ4v) is 4.62. The maximum Gasteiger partial charge on any atom is 0.340 e. The molecule has 1 aliphatic carbocycles. The van der Waals surface area contributed by atoms with Gasteiger partial charge in [-0.05, 0) is 81.3 Å². The lowest BCUT2D eigenvalue weighted by molar-refractivity contribution is 0.0243. The van der Waals surface area contributed by atoms with E-state index in [0.717, 1.165) is 54.9 Å². The minimum atomic E-state index is -0.655. The highest BCUT2D eigenvalue weighted by atomic mass is 35.5. The van der Waals surface area contributed by atoms with Crippen LogP contribution in [0.15, 0.2) is 36.4 Å². The normalized spacial score (nSPS) is 19.8. The standard InChI is InChI=1S/C25H29ClFNO3/c1-25(2,17-6-4-7-18(26)12-17)28-11-5-8-19(15-28)31-23-14-22(27)21(24(29)30-3)13-20(23)16-9-10-16/h4,6-7,12-14,16,19H,5,8-11,15H2,1-3H3. The summed E-state index contributed by atoms with van der Waals surface area (Å²) in [6.45, 7) is 6.09. The first-order valence-electron chi connectivity index (χ1n) is 10.9. The number of rotatable bonds is 6. The molecule has 0 aromatic heterocycles. The molecule has 1 unspecified atom stereocenters. The number of halogens is 2. The van der Waals surface area contributed by atoms with Crippen molar-refractivity contribution in [2.24, 2.45) is 0 Å². The largest absolute Gasteiger partial charge is 0.489 e. The van der Waals surface area contributed by atoms with E-state index in [4.69, 9.17) is 21.1 Å². The van der Waals surface area contributed by atoms with Crippen LogP contribution in [0.5, 0.6) is 5.75 Å². The third-order valence-electron chi connectivity index (χ3n) is 6.52. The number of benzene rings is 2. The number of carbonyl (C=O) groups is 1. The van der Waals surface area contributed by atoms with Crippen molar-refractivity contribution >= 4 is 17.6 Å². The number of piperidine rings is 1. The Morgan fingerprint density at radius 3 is 2.65 bits per heavy atom. The van der Waals surface area contributed by atoms with E-state index in [-0.39, 0.29) is 17.2 Å². The van der Waals surface area contributed by atoms with Crippen LogP contribution in [-0.4, -0.2) is 37.2 Å². The van der Waals surface area contributed by atoms with Crippen LogP contribution in [0.4, 0.5) is 4.39 Å². The number of carbonyl (C=O) groups excluding carboxylic acids is 1. The van der Waals surface area contributed by atoms with Crippen molar-refractivity contribution in [1.82, 2.24) is 4.90 Å². The molecule has 1 heterocycles. The van der Waals surface area contributed by atoms with E-state index in [9.17, 15) is 9.18 Å². The molecule has 0 spiro atoms. The summed E-state index contributed by atoms with van der Waals surface area (Å²) in [5, 5.41) is 0.727. The second-order valence-electron chi connectivity index (χ2n) is 9.03. The summed E-state index contributed by atoms with van der Waals surface area (Å²) in [6, 6.07) is 11.0. The SMILES string of the molecule is COC(=O)c1cc(C2CC2)c(OC2CCCN(C(C)(C)c3cccc(Cl)c3)C2)cc1F. The Bertz CT molecular complexity index is 973. The molecule has 1 atom stereocenters. The highest BCUT2D eigenvalue weighted by molar-refractivity contribution is 6.30. The van der Waals surface area contributed by atoms with Crippen LogP contribution in [0.25, 0.3) is 0 Å². The van der Waals surface area contributed by atoms with Crippen molar-refractivity contribution in [3.05, 3.63) is 63.9 Å². The van der Waals surface area contributed by atoms with Crippen LogP contribution >= 0.6 is 11.6 Å². The molecular formula is C25H29ClFNO3. The number of hydrogen-bond acceptors (Lipinski definition) is 4. The zero-order valence-electron chi connectivity index (χ0n) is 18.3. The molecule has 166 valence electrons. The second-order valence-corrected chi connectivity index (χ2v) is 9.47. The van der Waals surface area contributed by atoms with E-state index in [1.807, 2.05) is 18.2 Å². The third kappa shape index (κ3) is 4.73. The van der Waals surface area contributed by atoms with Crippen molar-refractivity contribution in [1.29, 1.82) is 0 Å². The van der Waals surface area contributed by atoms with Gasteiger partial charge in [0.25, 0.3) is 0 Å². The molecule has 0 radical (unpaired) electrons. The summed E-state index contributed by atoms with van der Waals surface area (Å²) in [4.78, 5) is 14.3. The molecule has 0 N–H and O–H groups in total. The van der Waals surface area contributed by atoms with Gasteiger partial charge in [-0.3, -0.25) is 4.90 Å². The van der Waals surface area contributed by atoms with E-state index >= 15 is 0 Å². The molecule has 4 nitrogen and oxygen atoms in total. The van der Waals surface area contributed by atoms with Crippen LogP contribution in [0, 0.1) is 5.82 Å². The molecule has 2 aromatic rings. The van der Waals surface area contributed by atoms with Gasteiger partial charge in [0.05, 0.1) is 12.7 Å². The number of esters is 1. The number of methoxy groups -OCH3 is 1. The average molecular weight is 446 g/mol. The molecule has 2 aliphatic rings. The molecule has 1 aliphatic heterocycles. The number of hydrogen-bond donors (Lipinski definition) is 0. The van der Waals surface area contributed by atoms with Gasteiger partial charge in [-0.2, -0.15) is 0 Å². The van der Waals surface area contributed by atoms with Gasteiger partial charge in [-0.15, -0.1) is 0 Å². The Morgan fingerprint density at radius 2 is 1.97 bits per heavy atom. The molecule has 31 heavy (non-hydrogen) atoms. The summed E-state index contributed by atoms with van der Waals surface area (Å²) in [5.74, 6) is -0.377. The highest BCUT2D eigenvalue weighted by Gasteiger charge is 2.35. The van der Waals surface area contributed by atoms with Crippen molar-refractivity contribution in [3.8, 4) is 5.75 Å². The zero-order valence-corrected chi connectivity index (χ0v) is 19.0. The summed E-state index contributed by atoms with van der Waals surface area (Å²) >= 11 is 6.23. The van der Waals surface area contributed by atoms with Gasteiger partial charge >= 0.3 is 5.97 Å². The van der Waals surface area contributed by atoms with Gasteiger partial charge in [0.1, 0.15) is 17.7 Å². The van der Waals surface area contributed by atoms with Gasteiger partial charge in [0.2, 0.25) is 0 Å². The molecule has 0 bridgehead atoms. The number of nitrogens with zero attached hydrogens (tertiary/aromatic N) is 1. The van der Waals surface area contributed by atoms with Crippen molar-refractivity contribution in [2.45, 2.75) is 57.1 Å². The van der Waals surface area contributed by atoms with E-state index < -0.39 is 11.8 Å². The Morgan fingerprint density at radius 1 is 1.19 bits per heavy atom. The molecular weight excluding hydrogens is 417 g/mol. The van der Waals surface area contributed by atoms with Gasteiger partial charge in [-0.1, -0.05) is 23.7 Å². The quantitative estimate of drug-likeness (QED) is 0.517. The predicted molar refractivity (Wildman–Crippen MR) is 119 cm³/mol. The zero-order chi connectivity index (χ0) is 22.2. The maximum atomic E-state index is 14.6. The van der Waals surface area contributed by atoms with Crippen LogP contribution < -0.4 is 4.74 Å². The monoisotopic (exact) mass is 445 g/mol. The number of ether oxygens (including phenoxy) is 2. The predicted octanol–water partition coefficient (Wildman–Crippen LogP) is 5.92. The lowest BCUT2D eigenvalue weighted by atomic mass is 9.89. The first kappa shape index (κ1) is 22.1. The molecule has 4 rings (SSSR count). The smallest absolute Gasteiger partial charge is 0.340 e. The van der Waals surface area contributed by atoms with Gasteiger partial charge in [0.15, 0.2) is 0 Å². The van der Waals surface area contributed by atoms with Crippen molar-refractivity contribution in [3.63, 3.8) is 0 Å². The minimum Gasteiger partial charge on any atom is -0.489 e. The van der Waals surface area contributed by atoms with Crippen LogP contribution in [0.2, 0.25) is 5.02 Å². The lowest BCUT2D eigenvalue weighted by Crippen LogP contribution is -2.50. The van der Waals surface area contributed by atoms with Crippen LogP contribution in [0.1, 0.15) is 66.9 Å². The van der Waals surface area contributed by atoms with Gasteiger partial charge in [0, 0.05) is 23.2 Å². The Kier molecular flexibility index (Phi) is 6.27. The lowest BCUT2D eigenvalue weighted by Gasteiger charge is -2.44. The molecule has 2 fully saturated rings. The first-order chi connectivity index (χ1) is 14.8. The summed E-state index contributed by atoms with van der Waals surface area (Å²) < 4.78 is 25.7. The average Bonchev–Trinajstić information content (AvgIpc) is 3.59. The summed E-state index contributed by atoms with van der Waals surface area (Å²) in [5.41, 5.74) is 1.84. The van der Waals surface area contributed by atoms with E-state index in [2.05, 4.69) is 24.8 Å². The maximum absolute atomic E-state index is 14.6. The molecule has 1 saturated heterocycles. The fourth-order valence-electron chi connectivity index (χ4n) is 4.43. The van der Waals surface area contributed by atoms with E-state index in [1.54, 1.807) is 6.07 Å². The van der Waals surface area contributed by atoms with Gasteiger partial charge in [-0.25, -0.2) is 9.18 Å². The minimum absolute atomic E-state index is 0.0240. The Balaban J connectivity index is 1.55.